The Kier molecular flexibility index (Phi) is 9.80. The zero-order valence-corrected chi connectivity index (χ0v) is 17.2. The third kappa shape index (κ3) is 4.45. The first-order valence-electron chi connectivity index (χ1n) is 7.77. The molecular formula is C17H26F2SiZr. The molecule has 21 heavy (non-hydrogen) atoms. The Morgan fingerprint density at radius 2 is 1.67 bits per heavy atom. The fraction of sp³-hybridized carbons (Fsp3) is 0.529. The molecule has 1 aromatic carbocycles. The zero-order chi connectivity index (χ0) is 13.8. The van der Waals surface area contributed by atoms with Gasteiger partial charge in [-0.1, -0.05) is 0 Å². The molecular weight excluding hydrogens is 361 g/mol. The Balaban J connectivity index is 0.00000200. The molecule has 0 saturated carbocycles. The van der Waals surface area contributed by atoms with E-state index < -0.39 is 0 Å². The maximum atomic E-state index is 2.44. The Hall–Kier alpha value is -0.0800. The summed E-state index contributed by atoms with van der Waals surface area (Å²) in [7, 11) is 0. The summed E-state index contributed by atoms with van der Waals surface area (Å²) in [5, 5.41) is 0. The van der Waals surface area contributed by atoms with E-state index in [4.69, 9.17) is 0 Å². The van der Waals surface area contributed by atoms with Crippen molar-refractivity contribution < 1.29 is 31.8 Å². The number of hydrogen-bond acceptors (Lipinski definition) is 0. The van der Waals surface area contributed by atoms with Crippen LogP contribution in [0.4, 0.5) is 0 Å². The zero-order valence-electron chi connectivity index (χ0n) is 13.5. The first kappa shape index (κ1) is 20.9. The van der Waals surface area contributed by atoms with Crippen LogP contribution in [0.1, 0.15) is 55.3 Å². The summed E-state index contributed by atoms with van der Waals surface area (Å²) in [6.45, 7) is 9.59. The summed E-state index contributed by atoms with van der Waals surface area (Å²) in [6.07, 6.45) is 2.64. The second-order valence-electron chi connectivity index (χ2n) is 5.60. The average molecular weight is 388 g/mol. The molecule has 4 heteroatoms. The van der Waals surface area contributed by atoms with Crippen molar-refractivity contribution in [3.05, 3.63) is 41.0 Å². The van der Waals surface area contributed by atoms with Crippen LogP contribution in [0.3, 0.4) is 0 Å². The standard InChI is InChI=1S/C13H15.C4H11Si.2FH.Zr/c1-3-6-11-9-12-7-4-5-8-13(12)10(11)2;1-3-5-4-2;;;/h4-5,7-9H,3,6H2,1-2H3;5H,3-4H2,1-2H3;2*1H;/q;;;;+2/p-2. The fourth-order valence-corrected chi connectivity index (χ4v) is 16.4. The van der Waals surface area contributed by atoms with Crippen LogP contribution in [0, 0.1) is 0 Å². The van der Waals surface area contributed by atoms with Crippen molar-refractivity contribution in [2.24, 2.45) is 0 Å². The molecule has 116 valence electrons. The Morgan fingerprint density at radius 1 is 1.05 bits per heavy atom. The molecule has 0 radical (unpaired) electrons. The molecule has 0 spiro atoms. The minimum atomic E-state index is -0.359. The van der Waals surface area contributed by atoms with E-state index in [1.807, 2.05) is 5.57 Å². The molecule has 0 amide bonds. The van der Waals surface area contributed by atoms with Gasteiger partial charge in [0, 0.05) is 0 Å². The Labute approximate surface area is 140 Å². The van der Waals surface area contributed by atoms with E-state index in [1.165, 1.54) is 24.9 Å². The summed E-state index contributed by atoms with van der Waals surface area (Å²) < 4.78 is 0.927. The number of allylic oxidation sites excluding steroid dienone is 2. The normalized spacial score (nSPS) is 16.1. The largest absolute Gasteiger partial charge is 1.00 e. The Bertz CT molecular complexity index is 470. The fourth-order valence-electron chi connectivity index (χ4n) is 3.22. The van der Waals surface area contributed by atoms with Gasteiger partial charge in [0.15, 0.2) is 0 Å². The van der Waals surface area contributed by atoms with Crippen LogP contribution in [0.2, 0.25) is 12.1 Å². The van der Waals surface area contributed by atoms with E-state index in [1.54, 1.807) is 16.7 Å². The molecule has 1 unspecified atom stereocenters. The minimum Gasteiger partial charge on any atom is -1.00 e. The second kappa shape index (κ2) is 9.84. The van der Waals surface area contributed by atoms with Gasteiger partial charge in [0.2, 0.25) is 0 Å². The molecule has 0 aliphatic heterocycles. The van der Waals surface area contributed by atoms with Crippen molar-refractivity contribution in [2.45, 2.75) is 56.3 Å². The first-order chi connectivity index (χ1) is 9.22. The van der Waals surface area contributed by atoms with Gasteiger partial charge in [0.25, 0.3) is 0 Å². The Morgan fingerprint density at radius 3 is 2.24 bits per heavy atom. The van der Waals surface area contributed by atoms with Gasteiger partial charge in [-0.25, -0.2) is 0 Å². The molecule has 1 aromatic rings. The molecule has 0 saturated heterocycles. The quantitative estimate of drug-likeness (QED) is 0.559. The molecule has 0 N–H and O–H groups in total. The molecule has 2 rings (SSSR count). The summed E-state index contributed by atoms with van der Waals surface area (Å²) in [5.41, 5.74) is 6.74. The van der Waals surface area contributed by atoms with Gasteiger partial charge in [-0.15, -0.1) is 0 Å². The van der Waals surface area contributed by atoms with Gasteiger partial charge in [0.1, 0.15) is 0 Å². The molecule has 0 fully saturated rings. The van der Waals surface area contributed by atoms with Crippen LogP contribution in [-0.2, 0) is 22.4 Å². The van der Waals surface area contributed by atoms with Gasteiger partial charge in [-0.2, -0.15) is 0 Å². The van der Waals surface area contributed by atoms with E-state index in [9.17, 15) is 0 Å². The third-order valence-corrected chi connectivity index (χ3v) is 20.8. The van der Waals surface area contributed by atoms with Gasteiger partial charge in [-0.3, -0.25) is 0 Å². The number of hydrogen-bond donors (Lipinski definition) is 0. The first-order valence-corrected chi connectivity index (χ1v) is 15.7. The van der Waals surface area contributed by atoms with Gasteiger partial charge < -0.3 is 9.41 Å². The number of halogens is 2. The molecule has 0 bridgehead atoms. The van der Waals surface area contributed by atoms with Crippen molar-refractivity contribution in [3.63, 3.8) is 0 Å². The van der Waals surface area contributed by atoms with Gasteiger partial charge in [0.05, 0.1) is 0 Å². The topological polar surface area (TPSA) is 0 Å². The van der Waals surface area contributed by atoms with Gasteiger partial charge >= 0.3 is 131 Å². The minimum absolute atomic E-state index is 0. The van der Waals surface area contributed by atoms with Gasteiger partial charge in [-0.05, 0) is 0 Å². The van der Waals surface area contributed by atoms with Crippen LogP contribution < -0.4 is 9.41 Å². The molecule has 1 aliphatic rings. The smallest absolute Gasteiger partial charge is 1.00 e. The van der Waals surface area contributed by atoms with Crippen LogP contribution in [0.5, 0.6) is 0 Å². The second-order valence-corrected chi connectivity index (χ2v) is 18.9. The number of benzene rings is 1. The van der Waals surface area contributed by atoms with Crippen molar-refractivity contribution in [1.82, 2.24) is 0 Å². The SMILES string of the molecule is CCCC1=C(C)c2ccccc2[CH]1[Zr+2][SiH](CC)CC.[F-].[F-]. The molecule has 1 aliphatic carbocycles. The van der Waals surface area contributed by atoms with E-state index in [0.717, 1.165) is 3.63 Å². The van der Waals surface area contributed by atoms with Crippen molar-refractivity contribution >= 4 is 11.5 Å². The summed E-state index contributed by atoms with van der Waals surface area (Å²) in [5.74, 6) is -0.359. The van der Waals surface area contributed by atoms with Crippen LogP contribution in [0.25, 0.3) is 5.57 Å². The monoisotopic (exact) mass is 386 g/mol. The molecule has 0 heterocycles. The third-order valence-electron chi connectivity index (χ3n) is 4.41. The predicted molar refractivity (Wildman–Crippen MR) is 84.8 cm³/mol. The molecule has 0 aromatic heterocycles. The van der Waals surface area contributed by atoms with Crippen molar-refractivity contribution in [2.75, 3.05) is 0 Å². The number of fused-ring (bicyclic) bond motifs is 1. The van der Waals surface area contributed by atoms with E-state index >= 15 is 0 Å². The number of rotatable bonds is 6. The summed E-state index contributed by atoms with van der Waals surface area (Å²) in [4.78, 5) is 0. The van der Waals surface area contributed by atoms with E-state index in [2.05, 4.69) is 52.0 Å². The van der Waals surface area contributed by atoms with E-state index in [0.29, 0.717) is 0 Å². The van der Waals surface area contributed by atoms with Crippen LogP contribution in [-0.4, -0.2) is 5.92 Å². The molecule has 0 nitrogen and oxygen atoms in total. The maximum absolute atomic E-state index is 2.44. The van der Waals surface area contributed by atoms with Crippen molar-refractivity contribution in [1.29, 1.82) is 0 Å². The van der Waals surface area contributed by atoms with E-state index in [-0.39, 0.29) is 37.7 Å². The average Bonchev–Trinajstić information content (AvgIpc) is 2.71. The van der Waals surface area contributed by atoms with Crippen LogP contribution in [0.15, 0.2) is 29.8 Å². The summed E-state index contributed by atoms with van der Waals surface area (Å²) in [6, 6.07) is 12.3. The predicted octanol–water partition coefficient (Wildman–Crippen LogP) is -0.831. The summed E-state index contributed by atoms with van der Waals surface area (Å²) >= 11 is -0.241. The van der Waals surface area contributed by atoms with Crippen molar-refractivity contribution in [3.8, 4) is 0 Å². The van der Waals surface area contributed by atoms with Crippen LogP contribution >= 0.6 is 0 Å². The maximum Gasteiger partial charge on any atom is -1.00 e. The molecule has 1 atom stereocenters.